The summed E-state index contributed by atoms with van der Waals surface area (Å²) in [6.07, 6.45) is -0.814. The summed E-state index contributed by atoms with van der Waals surface area (Å²) in [7, 11) is 0. The number of halogens is 6. The van der Waals surface area contributed by atoms with Crippen LogP contribution in [0.2, 0.25) is 0 Å². The highest BCUT2D eigenvalue weighted by Gasteiger charge is 2.49. The van der Waals surface area contributed by atoms with Crippen LogP contribution in [0.15, 0.2) is 48.5 Å². The smallest absolute Gasteiger partial charge is 0.352 e. The fourth-order valence-electron chi connectivity index (χ4n) is 7.48. The van der Waals surface area contributed by atoms with Gasteiger partial charge in [-0.15, -0.1) is 0 Å². The minimum absolute atomic E-state index is 0.0177. The Balaban J connectivity index is 1.27. The number of hydrogen-bond donors (Lipinski definition) is 1. The molecule has 3 aliphatic rings. The first kappa shape index (κ1) is 29.7. The first-order valence-electron chi connectivity index (χ1n) is 14.4. The summed E-state index contributed by atoms with van der Waals surface area (Å²) in [5, 5.41) is 2.71. The van der Waals surface area contributed by atoms with Crippen molar-refractivity contribution in [3.8, 4) is 0 Å². The van der Waals surface area contributed by atoms with Gasteiger partial charge in [0, 0.05) is 24.5 Å². The first-order valence-corrected chi connectivity index (χ1v) is 14.4. The van der Waals surface area contributed by atoms with Crippen molar-refractivity contribution in [3.05, 3.63) is 76.4 Å². The molecule has 1 spiro atoms. The van der Waals surface area contributed by atoms with Gasteiger partial charge in [0.25, 0.3) is 0 Å². The Kier molecular flexibility index (Phi) is 7.81. The zero-order valence-electron chi connectivity index (χ0n) is 23.3. The van der Waals surface area contributed by atoms with Gasteiger partial charge in [0.15, 0.2) is 0 Å². The first-order chi connectivity index (χ1) is 19.3. The zero-order chi connectivity index (χ0) is 29.6. The number of hydrogen-bond acceptors (Lipinski definition) is 2. The van der Waals surface area contributed by atoms with Crippen molar-refractivity contribution in [2.75, 3.05) is 13.1 Å². The largest absolute Gasteiger partial charge is 0.416 e. The van der Waals surface area contributed by atoms with Crippen molar-refractivity contribution in [2.24, 2.45) is 11.3 Å². The topological polar surface area (TPSA) is 32.3 Å². The summed E-state index contributed by atoms with van der Waals surface area (Å²) in [6.45, 7) is 5.68. The van der Waals surface area contributed by atoms with Gasteiger partial charge >= 0.3 is 12.4 Å². The highest BCUT2D eigenvalue weighted by molar-refractivity contribution is 5.83. The molecule has 1 amide bonds. The fourth-order valence-corrected chi connectivity index (χ4v) is 7.48. The SMILES string of the molecule is CCC[C@]1(C(=O)NCc2cc(C(F)(F)F)cc(C(F)(F)F)c2)CC[C@@H](N2CC[C@]3(C=Cc4ccccc43)[C@@H](C)C2)C1. The van der Waals surface area contributed by atoms with Gasteiger partial charge in [0.1, 0.15) is 0 Å². The zero-order valence-corrected chi connectivity index (χ0v) is 23.3. The standard InChI is InChI=1S/C32H36F6N2O/c1-3-10-29(28(41)39-19-22-15-24(31(33,34)35)17-25(16-22)32(36,37)38)11-9-26(18-29)40-14-13-30(21(2)20-40)12-8-23-6-4-5-7-27(23)30/h4-8,12,15-17,21,26H,3,9-11,13-14,18-20H2,1-2H3,(H,39,41)/t21-,26+,29-,30+/m0/s1. The average molecular weight is 579 g/mol. The van der Waals surface area contributed by atoms with Crippen LogP contribution in [-0.4, -0.2) is 29.9 Å². The maximum absolute atomic E-state index is 13.5. The highest BCUT2D eigenvalue weighted by atomic mass is 19.4. The van der Waals surface area contributed by atoms with Crippen molar-refractivity contribution in [2.45, 2.75) is 82.7 Å². The molecule has 1 heterocycles. The van der Waals surface area contributed by atoms with E-state index >= 15 is 0 Å². The van der Waals surface area contributed by atoms with Gasteiger partial charge in [-0.05, 0) is 79.5 Å². The number of carbonyl (C=O) groups excluding carboxylic acids is 1. The number of amides is 1. The summed E-state index contributed by atoms with van der Waals surface area (Å²) in [6, 6.07) is 10.2. The molecule has 222 valence electrons. The molecule has 0 aromatic heterocycles. The lowest BCUT2D eigenvalue weighted by Gasteiger charge is -2.46. The van der Waals surface area contributed by atoms with E-state index in [4.69, 9.17) is 0 Å². The second-order valence-electron chi connectivity index (χ2n) is 12.1. The van der Waals surface area contributed by atoms with E-state index in [1.165, 1.54) is 11.1 Å². The maximum Gasteiger partial charge on any atom is 0.416 e. The van der Waals surface area contributed by atoms with Gasteiger partial charge < -0.3 is 5.32 Å². The molecule has 0 radical (unpaired) electrons. The summed E-state index contributed by atoms with van der Waals surface area (Å²) in [5.41, 5.74) is -0.996. The van der Waals surface area contributed by atoms with E-state index in [1.54, 1.807) is 0 Å². The van der Waals surface area contributed by atoms with Crippen LogP contribution in [0.25, 0.3) is 6.08 Å². The molecule has 3 nitrogen and oxygen atoms in total. The Morgan fingerprint density at radius 3 is 2.34 bits per heavy atom. The lowest BCUT2D eigenvalue weighted by molar-refractivity contribution is -0.143. The highest BCUT2D eigenvalue weighted by Crippen LogP contribution is 2.50. The average Bonchev–Trinajstić information content (AvgIpc) is 3.52. The van der Waals surface area contributed by atoms with Crippen LogP contribution in [0.5, 0.6) is 0 Å². The van der Waals surface area contributed by atoms with Crippen LogP contribution >= 0.6 is 0 Å². The molecular formula is C32H36F6N2O. The van der Waals surface area contributed by atoms with Crippen LogP contribution in [0.1, 0.15) is 80.2 Å². The molecule has 0 unspecified atom stereocenters. The van der Waals surface area contributed by atoms with E-state index in [0.717, 1.165) is 32.4 Å². The van der Waals surface area contributed by atoms with Crippen LogP contribution in [0, 0.1) is 11.3 Å². The van der Waals surface area contributed by atoms with Crippen molar-refractivity contribution < 1.29 is 31.1 Å². The van der Waals surface area contributed by atoms with Gasteiger partial charge in [0.2, 0.25) is 5.91 Å². The van der Waals surface area contributed by atoms with E-state index in [-0.39, 0.29) is 29.0 Å². The lowest BCUT2D eigenvalue weighted by atomic mass is 9.67. The molecule has 1 saturated carbocycles. The quantitative estimate of drug-likeness (QED) is 0.353. The van der Waals surface area contributed by atoms with Crippen molar-refractivity contribution in [1.82, 2.24) is 10.2 Å². The number of carbonyl (C=O) groups is 1. The third-order valence-corrected chi connectivity index (χ3v) is 9.63. The van der Waals surface area contributed by atoms with Crippen molar-refractivity contribution in [1.29, 1.82) is 0 Å². The van der Waals surface area contributed by atoms with Gasteiger partial charge in [0.05, 0.1) is 16.5 Å². The molecule has 41 heavy (non-hydrogen) atoms. The predicted molar refractivity (Wildman–Crippen MR) is 146 cm³/mol. The number of piperidine rings is 1. The maximum atomic E-state index is 13.5. The van der Waals surface area contributed by atoms with Gasteiger partial charge in [-0.3, -0.25) is 9.69 Å². The second kappa shape index (κ2) is 10.8. The number of benzene rings is 2. The van der Waals surface area contributed by atoms with E-state index in [9.17, 15) is 31.1 Å². The minimum Gasteiger partial charge on any atom is -0.352 e. The van der Waals surface area contributed by atoms with E-state index < -0.39 is 35.4 Å². The summed E-state index contributed by atoms with van der Waals surface area (Å²) in [4.78, 5) is 16.0. The molecule has 1 N–H and O–H groups in total. The fraction of sp³-hybridized carbons (Fsp3) is 0.531. The number of nitrogens with one attached hydrogen (secondary N) is 1. The van der Waals surface area contributed by atoms with Crippen LogP contribution in [-0.2, 0) is 29.1 Å². The van der Waals surface area contributed by atoms with Gasteiger partial charge in [-0.25, -0.2) is 0 Å². The molecule has 5 rings (SSSR count). The number of alkyl halides is 6. The molecule has 0 bridgehead atoms. The molecule has 2 aromatic rings. The van der Waals surface area contributed by atoms with E-state index in [1.807, 2.05) is 6.92 Å². The van der Waals surface area contributed by atoms with Crippen LogP contribution in [0.4, 0.5) is 26.3 Å². The molecule has 2 fully saturated rings. The summed E-state index contributed by atoms with van der Waals surface area (Å²) < 4.78 is 79.8. The Labute approximate surface area is 237 Å². The lowest BCUT2D eigenvalue weighted by Crippen LogP contribution is -2.51. The number of fused-ring (bicyclic) bond motifs is 2. The van der Waals surface area contributed by atoms with Crippen LogP contribution < -0.4 is 5.32 Å². The molecule has 2 aliphatic carbocycles. The molecule has 9 heteroatoms. The van der Waals surface area contributed by atoms with E-state index in [0.29, 0.717) is 37.3 Å². The van der Waals surface area contributed by atoms with Crippen molar-refractivity contribution >= 4 is 12.0 Å². The summed E-state index contributed by atoms with van der Waals surface area (Å²) in [5.74, 6) is 0.0943. The monoisotopic (exact) mass is 578 g/mol. The second-order valence-corrected chi connectivity index (χ2v) is 12.1. The molecule has 1 saturated heterocycles. The molecule has 1 aliphatic heterocycles. The number of allylic oxidation sites excluding steroid dienone is 1. The Morgan fingerprint density at radius 1 is 1.02 bits per heavy atom. The molecule has 2 aromatic carbocycles. The number of rotatable bonds is 6. The third-order valence-electron chi connectivity index (χ3n) is 9.63. The number of nitrogens with zero attached hydrogens (tertiary/aromatic N) is 1. The van der Waals surface area contributed by atoms with Crippen molar-refractivity contribution in [3.63, 3.8) is 0 Å². The van der Waals surface area contributed by atoms with Gasteiger partial charge in [-0.1, -0.05) is 56.7 Å². The van der Waals surface area contributed by atoms with Gasteiger partial charge in [-0.2, -0.15) is 26.3 Å². The minimum atomic E-state index is -4.93. The Hall–Kier alpha value is -2.81. The molecular weight excluding hydrogens is 542 g/mol. The Bertz CT molecular complexity index is 1290. The summed E-state index contributed by atoms with van der Waals surface area (Å²) >= 11 is 0. The third kappa shape index (κ3) is 5.66. The van der Waals surface area contributed by atoms with E-state index in [2.05, 4.69) is 53.6 Å². The predicted octanol–water partition coefficient (Wildman–Crippen LogP) is 7.99. The Morgan fingerprint density at radius 2 is 1.71 bits per heavy atom. The molecule has 4 atom stereocenters. The normalized spacial score (nSPS) is 28.3. The van der Waals surface area contributed by atoms with Crippen LogP contribution in [0.3, 0.4) is 0 Å². The number of likely N-dealkylation sites (tertiary alicyclic amines) is 1.